The molecule has 35 heavy (non-hydrogen) atoms. The van der Waals surface area contributed by atoms with Gasteiger partial charge < -0.3 is 9.80 Å². The zero-order chi connectivity index (χ0) is 24.4. The summed E-state index contributed by atoms with van der Waals surface area (Å²) >= 11 is 0. The summed E-state index contributed by atoms with van der Waals surface area (Å²) in [5, 5.41) is 20.0. The van der Waals surface area contributed by atoms with Crippen LogP contribution < -0.4 is 4.90 Å². The van der Waals surface area contributed by atoms with Crippen molar-refractivity contribution in [1.29, 1.82) is 5.26 Å². The van der Waals surface area contributed by atoms with Crippen molar-refractivity contribution in [3.05, 3.63) is 89.7 Å². The minimum Gasteiger partial charge on any atom is -0.351 e. The Morgan fingerprint density at radius 3 is 2.40 bits per heavy atom. The average Bonchev–Trinajstić information content (AvgIpc) is 2.89. The van der Waals surface area contributed by atoms with E-state index in [1.165, 1.54) is 12.1 Å². The number of piperazine rings is 1. The monoisotopic (exact) mass is 465 g/mol. The van der Waals surface area contributed by atoms with Crippen LogP contribution in [0, 0.1) is 17.1 Å². The molecule has 3 aromatic carbocycles. The first-order valence-corrected chi connectivity index (χ1v) is 11.6. The van der Waals surface area contributed by atoms with Crippen molar-refractivity contribution in [3.8, 4) is 17.3 Å². The molecule has 6 nitrogen and oxygen atoms in total. The third-order valence-electron chi connectivity index (χ3n) is 6.47. The number of hydrogen-bond acceptors (Lipinski definition) is 5. The minimum atomic E-state index is -0.289. The quantitative estimate of drug-likeness (QED) is 0.441. The van der Waals surface area contributed by atoms with Gasteiger partial charge in [-0.2, -0.15) is 5.26 Å². The number of aromatic nitrogens is 2. The Hall–Kier alpha value is -4.31. The molecule has 0 unspecified atom stereocenters. The zero-order valence-corrected chi connectivity index (χ0v) is 19.4. The van der Waals surface area contributed by atoms with Crippen molar-refractivity contribution in [1.82, 2.24) is 15.1 Å². The number of anilines is 1. The molecular weight excluding hydrogens is 441 g/mol. The van der Waals surface area contributed by atoms with Gasteiger partial charge in [-0.1, -0.05) is 36.4 Å². The molecule has 4 aromatic rings. The van der Waals surface area contributed by atoms with E-state index in [9.17, 15) is 9.18 Å². The molecular formula is C28H24FN5O. The van der Waals surface area contributed by atoms with E-state index in [1.807, 2.05) is 48.2 Å². The Bertz CT molecular complexity index is 1410. The highest BCUT2D eigenvalue weighted by molar-refractivity contribution is 6.00. The second-order valence-corrected chi connectivity index (χ2v) is 8.79. The highest BCUT2D eigenvalue weighted by atomic mass is 19.1. The van der Waals surface area contributed by atoms with Gasteiger partial charge in [-0.15, -0.1) is 10.2 Å². The highest BCUT2D eigenvalue weighted by Crippen LogP contribution is 2.32. The van der Waals surface area contributed by atoms with Crippen LogP contribution in [0.15, 0.2) is 72.8 Å². The number of halogens is 1. The van der Waals surface area contributed by atoms with E-state index in [1.54, 1.807) is 24.3 Å². The molecule has 5 rings (SSSR count). The van der Waals surface area contributed by atoms with Crippen molar-refractivity contribution in [2.24, 2.45) is 0 Å². The van der Waals surface area contributed by atoms with E-state index >= 15 is 0 Å². The van der Waals surface area contributed by atoms with Crippen LogP contribution in [-0.2, 0) is 11.2 Å². The Morgan fingerprint density at radius 1 is 1.00 bits per heavy atom. The molecule has 1 amide bonds. The Morgan fingerprint density at radius 2 is 1.71 bits per heavy atom. The third-order valence-corrected chi connectivity index (χ3v) is 6.47. The summed E-state index contributed by atoms with van der Waals surface area (Å²) in [5.41, 5.74) is 3.01. The molecule has 0 aliphatic carbocycles. The van der Waals surface area contributed by atoms with E-state index in [4.69, 9.17) is 5.26 Å². The molecule has 1 aromatic heterocycles. The molecule has 1 saturated heterocycles. The van der Waals surface area contributed by atoms with Crippen LogP contribution >= 0.6 is 0 Å². The molecule has 1 atom stereocenters. The van der Waals surface area contributed by atoms with E-state index in [-0.39, 0.29) is 17.8 Å². The van der Waals surface area contributed by atoms with Gasteiger partial charge in [0, 0.05) is 42.0 Å². The number of nitrogens with zero attached hydrogens (tertiary/aromatic N) is 5. The van der Waals surface area contributed by atoms with Gasteiger partial charge in [0.05, 0.1) is 18.1 Å². The summed E-state index contributed by atoms with van der Waals surface area (Å²) in [6.45, 7) is 3.93. The lowest BCUT2D eigenvalue weighted by Gasteiger charge is -2.40. The van der Waals surface area contributed by atoms with Gasteiger partial charge >= 0.3 is 0 Å². The minimum absolute atomic E-state index is 0.00645. The number of fused-ring (bicyclic) bond motifs is 1. The second-order valence-electron chi connectivity index (χ2n) is 8.79. The van der Waals surface area contributed by atoms with Gasteiger partial charge in [0.1, 0.15) is 11.5 Å². The summed E-state index contributed by atoms with van der Waals surface area (Å²) in [6, 6.07) is 23.5. The topological polar surface area (TPSA) is 73.1 Å². The SMILES string of the molecule is C[C@@H]1CN(c2nnc(-c3ccc(F)cc3)c3ccccc23)CCN1C(=O)Cc1ccc(C#N)cc1. The van der Waals surface area contributed by atoms with Gasteiger partial charge in [0.25, 0.3) is 0 Å². The maximum atomic E-state index is 13.4. The number of benzene rings is 3. The van der Waals surface area contributed by atoms with Crippen molar-refractivity contribution < 1.29 is 9.18 Å². The van der Waals surface area contributed by atoms with Crippen LogP contribution in [0.2, 0.25) is 0 Å². The summed E-state index contributed by atoms with van der Waals surface area (Å²) in [4.78, 5) is 17.1. The maximum absolute atomic E-state index is 13.4. The summed E-state index contributed by atoms with van der Waals surface area (Å²) in [7, 11) is 0. The molecule has 0 N–H and O–H groups in total. The van der Waals surface area contributed by atoms with Gasteiger partial charge in [-0.25, -0.2) is 4.39 Å². The van der Waals surface area contributed by atoms with Crippen LogP contribution in [0.3, 0.4) is 0 Å². The number of nitriles is 1. The lowest BCUT2D eigenvalue weighted by Crippen LogP contribution is -2.54. The molecule has 1 aliphatic rings. The number of rotatable bonds is 4. The van der Waals surface area contributed by atoms with Crippen LogP contribution in [0.5, 0.6) is 0 Å². The number of carbonyl (C=O) groups excluding carboxylic acids is 1. The maximum Gasteiger partial charge on any atom is 0.227 e. The third kappa shape index (κ3) is 4.56. The average molecular weight is 466 g/mol. The van der Waals surface area contributed by atoms with Crippen molar-refractivity contribution >= 4 is 22.5 Å². The first kappa shape index (κ1) is 22.5. The Kier molecular flexibility index (Phi) is 6.11. The van der Waals surface area contributed by atoms with Gasteiger partial charge in [-0.3, -0.25) is 4.79 Å². The lowest BCUT2D eigenvalue weighted by molar-refractivity contribution is -0.132. The number of hydrogen-bond donors (Lipinski definition) is 0. The summed E-state index contributed by atoms with van der Waals surface area (Å²) in [6.07, 6.45) is 0.311. The van der Waals surface area contributed by atoms with E-state index < -0.39 is 0 Å². The number of carbonyl (C=O) groups is 1. The molecule has 2 heterocycles. The molecule has 7 heteroatoms. The molecule has 1 fully saturated rings. The lowest BCUT2D eigenvalue weighted by atomic mass is 10.0. The smallest absolute Gasteiger partial charge is 0.227 e. The van der Waals surface area contributed by atoms with Gasteiger partial charge in [0.2, 0.25) is 5.91 Å². The van der Waals surface area contributed by atoms with Crippen molar-refractivity contribution in [3.63, 3.8) is 0 Å². The number of amides is 1. The van der Waals surface area contributed by atoms with Crippen LogP contribution in [0.25, 0.3) is 22.0 Å². The van der Waals surface area contributed by atoms with Gasteiger partial charge in [-0.05, 0) is 48.9 Å². The second kappa shape index (κ2) is 9.51. The Balaban J connectivity index is 1.35. The first-order chi connectivity index (χ1) is 17.0. The fourth-order valence-electron chi connectivity index (χ4n) is 4.64. The Labute approximate surface area is 203 Å². The van der Waals surface area contributed by atoms with E-state index in [0.29, 0.717) is 37.3 Å². The van der Waals surface area contributed by atoms with Crippen molar-refractivity contribution in [2.45, 2.75) is 19.4 Å². The molecule has 0 saturated carbocycles. The van der Waals surface area contributed by atoms with Crippen LogP contribution in [0.4, 0.5) is 10.2 Å². The van der Waals surface area contributed by atoms with E-state index in [0.717, 1.165) is 27.7 Å². The van der Waals surface area contributed by atoms with Crippen LogP contribution in [0.1, 0.15) is 18.1 Å². The summed E-state index contributed by atoms with van der Waals surface area (Å²) in [5.74, 6) is 0.574. The molecule has 0 bridgehead atoms. The van der Waals surface area contributed by atoms with Crippen molar-refractivity contribution in [2.75, 3.05) is 24.5 Å². The molecule has 0 radical (unpaired) electrons. The standard InChI is InChI=1S/C28H24FN5O/c1-19-18-33(14-15-34(19)26(35)16-20-6-8-21(17-30)9-7-20)28-25-5-3-2-4-24(25)27(31-32-28)22-10-12-23(29)13-11-22/h2-13,19H,14-16,18H2,1H3/t19-/m1/s1. The normalized spacial score (nSPS) is 15.7. The predicted octanol–water partition coefficient (Wildman–Crippen LogP) is 4.59. The summed E-state index contributed by atoms with van der Waals surface area (Å²) < 4.78 is 13.4. The highest BCUT2D eigenvalue weighted by Gasteiger charge is 2.29. The zero-order valence-electron chi connectivity index (χ0n) is 19.4. The van der Waals surface area contributed by atoms with Gasteiger partial charge in [0.15, 0.2) is 5.82 Å². The van der Waals surface area contributed by atoms with E-state index in [2.05, 4.69) is 21.2 Å². The predicted molar refractivity (Wildman–Crippen MR) is 133 cm³/mol. The fraction of sp³-hybridized carbons (Fsp3) is 0.214. The first-order valence-electron chi connectivity index (χ1n) is 11.6. The molecule has 174 valence electrons. The molecule has 1 aliphatic heterocycles. The molecule has 0 spiro atoms. The fourth-order valence-corrected chi connectivity index (χ4v) is 4.64. The van der Waals surface area contributed by atoms with Crippen LogP contribution in [-0.4, -0.2) is 46.7 Å². The largest absolute Gasteiger partial charge is 0.351 e.